The van der Waals surface area contributed by atoms with Crippen molar-refractivity contribution in [1.29, 1.82) is 0 Å². The van der Waals surface area contributed by atoms with Gasteiger partial charge in [-0.1, -0.05) is 11.6 Å². The van der Waals surface area contributed by atoms with Crippen LogP contribution in [0.2, 0.25) is 5.02 Å². The van der Waals surface area contributed by atoms with Gasteiger partial charge in [-0.25, -0.2) is 9.78 Å². The Hall–Kier alpha value is -1.50. The Morgan fingerprint density at radius 3 is 2.65 bits per heavy atom. The molecule has 1 aromatic rings. The van der Waals surface area contributed by atoms with Crippen LogP contribution in [0, 0.1) is 0 Å². The Labute approximate surface area is 99.4 Å². The average molecular weight is 269 g/mol. The summed E-state index contributed by atoms with van der Waals surface area (Å²) in [6, 6.07) is 2.57. The molecule has 0 aliphatic rings. The number of hydrogen-bond donors (Lipinski definition) is 2. The monoisotopic (exact) mass is 268 g/mol. The predicted octanol–water partition coefficient (Wildman–Crippen LogP) is 2.80. The highest BCUT2D eigenvalue weighted by Crippen LogP contribution is 2.20. The van der Waals surface area contributed by atoms with Crippen molar-refractivity contribution >= 4 is 23.4 Å². The zero-order valence-electron chi connectivity index (χ0n) is 8.38. The van der Waals surface area contributed by atoms with Crippen molar-refractivity contribution in [3.05, 3.63) is 22.8 Å². The Balaban J connectivity index is 2.67. The number of rotatable bonds is 4. The molecule has 1 heterocycles. The number of carboxylic acid groups (broad SMARTS) is 1. The predicted molar refractivity (Wildman–Crippen MR) is 55.4 cm³/mol. The van der Waals surface area contributed by atoms with E-state index in [9.17, 15) is 18.0 Å². The van der Waals surface area contributed by atoms with Crippen molar-refractivity contribution in [2.45, 2.75) is 12.6 Å². The second kappa shape index (κ2) is 5.22. The number of aromatic nitrogens is 1. The van der Waals surface area contributed by atoms with Crippen LogP contribution in [0.3, 0.4) is 0 Å². The van der Waals surface area contributed by atoms with Gasteiger partial charge in [-0.05, 0) is 12.1 Å². The normalized spacial score (nSPS) is 11.3. The lowest BCUT2D eigenvalue weighted by Gasteiger charge is -2.09. The Morgan fingerprint density at radius 2 is 2.12 bits per heavy atom. The first-order chi connectivity index (χ1) is 7.79. The quantitative estimate of drug-likeness (QED) is 0.881. The lowest BCUT2D eigenvalue weighted by molar-refractivity contribution is -0.131. The van der Waals surface area contributed by atoms with Crippen molar-refractivity contribution in [3.8, 4) is 0 Å². The number of hydrogen-bond acceptors (Lipinski definition) is 3. The summed E-state index contributed by atoms with van der Waals surface area (Å²) in [5.74, 6) is -1.30. The first-order valence-corrected chi connectivity index (χ1v) is 4.88. The SMILES string of the molecule is O=C(O)c1nc(NCCC(F)(F)F)ccc1Cl. The fraction of sp³-hybridized carbons (Fsp3) is 0.333. The van der Waals surface area contributed by atoms with Crippen LogP contribution < -0.4 is 5.32 Å². The smallest absolute Gasteiger partial charge is 0.390 e. The Morgan fingerprint density at radius 1 is 1.47 bits per heavy atom. The highest BCUT2D eigenvalue weighted by molar-refractivity contribution is 6.33. The molecule has 1 rings (SSSR count). The minimum absolute atomic E-state index is 0.0380. The van der Waals surface area contributed by atoms with E-state index in [1.54, 1.807) is 0 Å². The van der Waals surface area contributed by atoms with E-state index in [1.807, 2.05) is 0 Å². The molecular weight excluding hydrogens is 261 g/mol. The number of pyridine rings is 1. The summed E-state index contributed by atoms with van der Waals surface area (Å²) in [7, 11) is 0. The highest BCUT2D eigenvalue weighted by Gasteiger charge is 2.26. The molecule has 0 bridgehead atoms. The second-order valence-corrected chi connectivity index (χ2v) is 3.53. The lowest BCUT2D eigenvalue weighted by Crippen LogP contribution is -2.15. The molecule has 17 heavy (non-hydrogen) atoms. The maximum atomic E-state index is 11.9. The molecule has 0 saturated carbocycles. The fourth-order valence-corrected chi connectivity index (χ4v) is 1.21. The van der Waals surface area contributed by atoms with Gasteiger partial charge in [0, 0.05) is 6.54 Å². The summed E-state index contributed by atoms with van der Waals surface area (Å²) >= 11 is 5.55. The van der Waals surface area contributed by atoms with E-state index < -0.39 is 24.3 Å². The van der Waals surface area contributed by atoms with Crippen LogP contribution in [0.25, 0.3) is 0 Å². The van der Waals surface area contributed by atoms with E-state index >= 15 is 0 Å². The number of aromatic carboxylic acids is 1. The first-order valence-electron chi connectivity index (χ1n) is 4.50. The van der Waals surface area contributed by atoms with Crippen molar-refractivity contribution in [2.24, 2.45) is 0 Å². The summed E-state index contributed by atoms with van der Waals surface area (Å²) in [6.07, 6.45) is -5.30. The van der Waals surface area contributed by atoms with Crippen molar-refractivity contribution in [1.82, 2.24) is 4.98 Å². The van der Waals surface area contributed by atoms with Gasteiger partial charge in [-0.15, -0.1) is 0 Å². The standard InChI is InChI=1S/C9H8ClF3N2O2/c10-5-1-2-6(15-7(5)8(16)17)14-4-3-9(11,12)13/h1-2H,3-4H2,(H,14,15)(H,16,17). The highest BCUT2D eigenvalue weighted by atomic mass is 35.5. The molecule has 0 atom stereocenters. The minimum atomic E-state index is -4.27. The van der Waals surface area contributed by atoms with E-state index in [0.29, 0.717) is 0 Å². The molecule has 0 aromatic carbocycles. The van der Waals surface area contributed by atoms with Crippen molar-refractivity contribution in [2.75, 3.05) is 11.9 Å². The summed E-state index contributed by atoms with van der Waals surface area (Å²) < 4.78 is 35.6. The number of nitrogens with zero attached hydrogens (tertiary/aromatic N) is 1. The molecule has 8 heteroatoms. The first kappa shape index (κ1) is 13.6. The van der Waals surface area contributed by atoms with Gasteiger partial charge < -0.3 is 10.4 Å². The largest absolute Gasteiger partial charge is 0.476 e. The van der Waals surface area contributed by atoms with Gasteiger partial charge in [-0.3, -0.25) is 0 Å². The molecule has 0 unspecified atom stereocenters. The molecular formula is C9H8ClF3N2O2. The van der Waals surface area contributed by atoms with E-state index in [-0.39, 0.29) is 17.4 Å². The molecule has 0 saturated heterocycles. The molecule has 0 spiro atoms. The van der Waals surface area contributed by atoms with Crippen LogP contribution in [0.5, 0.6) is 0 Å². The Kier molecular flexibility index (Phi) is 4.17. The van der Waals surface area contributed by atoms with Crippen LogP contribution in [0.15, 0.2) is 12.1 Å². The molecule has 4 nitrogen and oxygen atoms in total. The summed E-state index contributed by atoms with van der Waals surface area (Å²) in [5.41, 5.74) is -0.399. The van der Waals surface area contributed by atoms with Gasteiger partial charge in [0.15, 0.2) is 5.69 Å². The van der Waals surface area contributed by atoms with Gasteiger partial charge in [0.2, 0.25) is 0 Å². The molecule has 2 N–H and O–H groups in total. The van der Waals surface area contributed by atoms with Crippen LogP contribution in [-0.2, 0) is 0 Å². The number of alkyl halides is 3. The van der Waals surface area contributed by atoms with Crippen LogP contribution >= 0.6 is 11.6 Å². The van der Waals surface area contributed by atoms with E-state index in [1.165, 1.54) is 12.1 Å². The lowest BCUT2D eigenvalue weighted by atomic mass is 10.3. The third-order valence-corrected chi connectivity index (χ3v) is 2.07. The molecule has 0 aliphatic heterocycles. The number of anilines is 1. The fourth-order valence-electron chi connectivity index (χ4n) is 1.02. The number of halogens is 4. The van der Waals surface area contributed by atoms with Gasteiger partial charge in [0.1, 0.15) is 5.82 Å². The molecule has 0 aliphatic carbocycles. The molecule has 0 amide bonds. The molecule has 0 fully saturated rings. The van der Waals surface area contributed by atoms with Crippen molar-refractivity contribution < 1.29 is 23.1 Å². The Bertz CT molecular complexity index is 423. The van der Waals surface area contributed by atoms with E-state index in [0.717, 1.165) is 0 Å². The topological polar surface area (TPSA) is 62.2 Å². The second-order valence-electron chi connectivity index (χ2n) is 3.12. The third kappa shape index (κ3) is 4.48. The van der Waals surface area contributed by atoms with Gasteiger partial charge in [0.05, 0.1) is 11.4 Å². The maximum absolute atomic E-state index is 11.9. The molecule has 94 valence electrons. The number of carbonyl (C=O) groups is 1. The zero-order valence-corrected chi connectivity index (χ0v) is 9.14. The molecule has 1 aromatic heterocycles. The number of carboxylic acids is 1. The summed E-state index contributed by atoms with van der Waals surface area (Å²) in [6.45, 7) is -0.378. The third-order valence-electron chi connectivity index (χ3n) is 1.76. The van der Waals surface area contributed by atoms with Gasteiger partial charge >= 0.3 is 12.1 Å². The van der Waals surface area contributed by atoms with Gasteiger partial charge in [0.25, 0.3) is 0 Å². The average Bonchev–Trinajstić information content (AvgIpc) is 2.18. The number of nitrogens with one attached hydrogen (secondary N) is 1. The van der Waals surface area contributed by atoms with Crippen LogP contribution in [0.1, 0.15) is 16.9 Å². The van der Waals surface area contributed by atoms with Crippen LogP contribution in [-0.4, -0.2) is 28.8 Å². The maximum Gasteiger partial charge on any atom is 0.390 e. The van der Waals surface area contributed by atoms with E-state index in [4.69, 9.17) is 16.7 Å². The summed E-state index contributed by atoms with van der Waals surface area (Å²) in [4.78, 5) is 14.2. The summed E-state index contributed by atoms with van der Waals surface area (Å²) in [5, 5.41) is 11.0. The minimum Gasteiger partial charge on any atom is -0.476 e. The zero-order chi connectivity index (χ0) is 13.1. The molecule has 0 radical (unpaired) electrons. The van der Waals surface area contributed by atoms with Crippen LogP contribution in [0.4, 0.5) is 19.0 Å². The van der Waals surface area contributed by atoms with Crippen molar-refractivity contribution in [3.63, 3.8) is 0 Å². The van der Waals surface area contributed by atoms with Gasteiger partial charge in [-0.2, -0.15) is 13.2 Å². The van der Waals surface area contributed by atoms with E-state index in [2.05, 4.69) is 10.3 Å².